The first-order chi connectivity index (χ1) is 11.1. The number of nitrogens with zero attached hydrogens (tertiary/aromatic N) is 2. The van der Waals surface area contributed by atoms with Crippen LogP contribution in [0.15, 0.2) is 50.8 Å². The van der Waals surface area contributed by atoms with Crippen LogP contribution in [0.25, 0.3) is 0 Å². The third-order valence-electron chi connectivity index (χ3n) is 3.59. The van der Waals surface area contributed by atoms with E-state index in [-0.39, 0.29) is 10.3 Å². The molecule has 0 saturated heterocycles. The first-order valence-corrected chi connectivity index (χ1v) is 9.21. The van der Waals surface area contributed by atoms with Gasteiger partial charge in [0.1, 0.15) is 4.21 Å². The first-order valence-electron chi connectivity index (χ1n) is 6.84. The van der Waals surface area contributed by atoms with Crippen molar-refractivity contribution in [3.63, 3.8) is 0 Å². The highest BCUT2D eigenvalue weighted by Gasteiger charge is 2.28. The van der Waals surface area contributed by atoms with E-state index in [0.29, 0.717) is 17.9 Å². The van der Waals surface area contributed by atoms with Gasteiger partial charge in [-0.3, -0.25) is 4.72 Å². The zero-order valence-corrected chi connectivity index (χ0v) is 13.4. The van der Waals surface area contributed by atoms with Crippen molar-refractivity contribution in [3.05, 3.63) is 53.5 Å². The van der Waals surface area contributed by atoms with Gasteiger partial charge < -0.3 is 9.84 Å². The molecule has 0 saturated carbocycles. The van der Waals surface area contributed by atoms with Gasteiger partial charge in [-0.1, -0.05) is 23.4 Å². The molecule has 3 aromatic rings. The van der Waals surface area contributed by atoms with Gasteiger partial charge >= 0.3 is 0 Å². The Bertz CT molecular complexity index is 921. The molecule has 1 atom stereocenters. The highest BCUT2D eigenvalue weighted by atomic mass is 32.2. The first kappa shape index (κ1) is 14.2. The smallest absolute Gasteiger partial charge is 0.271 e. The molecule has 0 aliphatic carbocycles. The summed E-state index contributed by atoms with van der Waals surface area (Å²) in [6.45, 7) is 0. The molecule has 1 unspecified atom stereocenters. The summed E-state index contributed by atoms with van der Waals surface area (Å²) in [5.41, 5.74) is 2.27. The Balaban J connectivity index is 1.65. The van der Waals surface area contributed by atoms with Crippen LogP contribution in [0.5, 0.6) is 0 Å². The molecule has 0 spiro atoms. The van der Waals surface area contributed by atoms with Crippen LogP contribution in [0.4, 0.5) is 11.4 Å². The molecule has 0 radical (unpaired) electrons. The zero-order chi connectivity index (χ0) is 15.9. The van der Waals surface area contributed by atoms with Crippen LogP contribution in [-0.4, -0.2) is 18.6 Å². The summed E-state index contributed by atoms with van der Waals surface area (Å²) < 4.78 is 32.5. The van der Waals surface area contributed by atoms with E-state index < -0.39 is 10.0 Å². The third-order valence-corrected chi connectivity index (χ3v) is 6.35. The Labute approximate surface area is 136 Å². The molecular formula is C14H12N4O3S2. The fourth-order valence-corrected chi connectivity index (χ4v) is 4.64. The maximum Gasteiger partial charge on any atom is 0.271 e. The highest BCUT2D eigenvalue weighted by molar-refractivity contribution is 7.94. The summed E-state index contributed by atoms with van der Waals surface area (Å²) in [6, 6.07) is 8.66. The lowest BCUT2D eigenvalue weighted by Gasteiger charge is -2.12. The van der Waals surface area contributed by atoms with E-state index in [1.54, 1.807) is 23.6 Å². The predicted octanol–water partition coefficient (Wildman–Crippen LogP) is 2.64. The van der Waals surface area contributed by atoms with Crippen LogP contribution < -0.4 is 10.0 Å². The van der Waals surface area contributed by atoms with Crippen molar-refractivity contribution in [3.8, 4) is 0 Å². The van der Waals surface area contributed by atoms with Crippen LogP contribution in [0.3, 0.4) is 0 Å². The SMILES string of the molecule is O=S(=O)(Nc1cccc2c1NC(c1ncon1)C2)c1cccs1. The van der Waals surface area contributed by atoms with Crippen LogP contribution in [0, 0.1) is 0 Å². The normalized spacial score (nSPS) is 16.8. The minimum absolute atomic E-state index is 0.129. The van der Waals surface area contributed by atoms with Gasteiger partial charge in [-0.15, -0.1) is 11.3 Å². The van der Waals surface area contributed by atoms with E-state index in [1.807, 2.05) is 12.1 Å². The monoisotopic (exact) mass is 348 g/mol. The van der Waals surface area contributed by atoms with Crippen LogP contribution >= 0.6 is 11.3 Å². The number of benzene rings is 1. The Kier molecular flexibility index (Phi) is 3.31. The molecule has 3 heterocycles. The lowest BCUT2D eigenvalue weighted by atomic mass is 10.1. The molecule has 9 heteroatoms. The maximum atomic E-state index is 12.4. The second kappa shape index (κ2) is 5.36. The number of aromatic nitrogens is 2. The number of sulfonamides is 1. The van der Waals surface area contributed by atoms with Gasteiger partial charge in [-0.2, -0.15) is 4.98 Å². The van der Waals surface area contributed by atoms with Crippen molar-refractivity contribution in [2.45, 2.75) is 16.7 Å². The second-order valence-electron chi connectivity index (χ2n) is 5.07. The Morgan fingerprint density at radius 2 is 2.22 bits per heavy atom. The van der Waals surface area contributed by atoms with Crippen LogP contribution in [0.1, 0.15) is 17.4 Å². The summed E-state index contributed by atoms with van der Waals surface area (Å²) in [5.74, 6) is 0.549. The quantitative estimate of drug-likeness (QED) is 0.752. The molecule has 1 aliphatic heterocycles. The number of hydrogen-bond donors (Lipinski definition) is 2. The van der Waals surface area contributed by atoms with Crippen LogP contribution in [-0.2, 0) is 16.4 Å². The van der Waals surface area contributed by atoms with E-state index in [1.165, 1.54) is 17.7 Å². The molecule has 7 nitrogen and oxygen atoms in total. The minimum Gasteiger partial charge on any atom is -0.373 e. The number of hydrogen-bond acceptors (Lipinski definition) is 7. The van der Waals surface area contributed by atoms with Gasteiger partial charge in [0, 0.05) is 6.42 Å². The zero-order valence-electron chi connectivity index (χ0n) is 11.8. The summed E-state index contributed by atoms with van der Waals surface area (Å²) in [7, 11) is -3.58. The van der Waals surface area contributed by atoms with Gasteiger partial charge in [-0.25, -0.2) is 8.42 Å². The standard InChI is InChI=1S/C14H12N4O3S2/c19-23(20,12-5-2-6-22-12)18-10-4-1-3-9-7-11(16-13(9)10)14-15-8-21-17-14/h1-6,8,11,16,18H,7H2. The van der Waals surface area contributed by atoms with Crippen molar-refractivity contribution >= 4 is 32.7 Å². The molecule has 1 aromatic carbocycles. The lowest BCUT2D eigenvalue weighted by molar-refractivity contribution is 0.406. The van der Waals surface area contributed by atoms with Gasteiger partial charge in [0.15, 0.2) is 5.82 Å². The largest absolute Gasteiger partial charge is 0.373 e. The van der Waals surface area contributed by atoms with E-state index in [0.717, 1.165) is 11.3 Å². The summed E-state index contributed by atoms with van der Waals surface area (Å²) in [4.78, 5) is 4.05. The molecule has 0 fully saturated rings. The van der Waals surface area contributed by atoms with Gasteiger partial charge in [0.05, 0.1) is 17.4 Å². The Morgan fingerprint density at radius 3 is 2.96 bits per heavy atom. The fourth-order valence-electron chi connectivity index (χ4n) is 2.57. The Hall–Kier alpha value is -2.39. The predicted molar refractivity (Wildman–Crippen MR) is 85.9 cm³/mol. The van der Waals surface area contributed by atoms with Crippen LogP contribution in [0.2, 0.25) is 0 Å². The highest BCUT2D eigenvalue weighted by Crippen LogP contribution is 2.39. The van der Waals surface area contributed by atoms with Crippen molar-refractivity contribution in [1.82, 2.24) is 10.1 Å². The van der Waals surface area contributed by atoms with Crippen molar-refractivity contribution < 1.29 is 12.9 Å². The number of nitrogens with one attached hydrogen (secondary N) is 2. The lowest BCUT2D eigenvalue weighted by Crippen LogP contribution is -2.13. The van der Waals surface area contributed by atoms with Gasteiger partial charge in [-0.05, 0) is 23.1 Å². The molecule has 1 aliphatic rings. The van der Waals surface area contributed by atoms with E-state index >= 15 is 0 Å². The second-order valence-corrected chi connectivity index (χ2v) is 7.92. The van der Waals surface area contributed by atoms with Crippen molar-refractivity contribution in [2.24, 2.45) is 0 Å². The third kappa shape index (κ3) is 2.57. The minimum atomic E-state index is -3.58. The van der Waals surface area contributed by atoms with E-state index in [2.05, 4.69) is 20.2 Å². The van der Waals surface area contributed by atoms with Crippen molar-refractivity contribution in [1.29, 1.82) is 0 Å². The molecule has 2 N–H and O–H groups in total. The van der Waals surface area contributed by atoms with Crippen molar-refractivity contribution in [2.75, 3.05) is 10.0 Å². The summed E-state index contributed by atoms with van der Waals surface area (Å²) in [6.07, 6.45) is 1.95. The maximum absolute atomic E-state index is 12.4. The molecule has 23 heavy (non-hydrogen) atoms. The van der Waals surface area contributed by atoms with E-state index in [9.17, 15) is 8.42 Å². The number of para-hydroxylation sites is 1. The fraction of sp³-hybridized carbons (Fsp3) is 0.143. The molecule has 2 aromatic heterocycles. The van der Waals surface area contributed by atoms with Gasteiger partial charge in [0.25, 0.3) is 10.0 Å². The topological polar surface area (TPSA) is 97.1 Å². The number of thiophene rings is 1. The van der Waals surface area contributed by atoms with E-state index in [4.69, 9.17) is 4.52 Å². The average Bonchev–Trinajstić information content (AvgIpc) is 3.27. The average molecular weight is 348 g/mol. The number of rotatable bonds is 4. The number of anilines is 2. The molecule has 0 amide bonds. The molecule has 4 rings (SSSR count). The summed E-state index contributed by atoms with van der Waals surface area (Å²) in [5, 5.41) is 8.84. The number of fused-ring (bicyclic) bond motifs is 1. The molecule has 118 valence electrons. The Morgan fingerprint density at radius 1 is 1.30 bits per heavy atom. The van der Waals surface area contributed by atoms with Gasteiger partial charge in [0.2, 0.25) is 6.39 Å². The molecule has 0 bridgehead atoms. The molecular weight excluding hydrogens is 336 g/mol. The summed E-state index contributed by atoms with van der Waals surface area (Å²) >= 11 is 1.18.